The average Bonchev–Trinajstić information content (AvgIpc) is 2.21. The SMILES string of the molecule is CCC(CC)NCC1CCCNC1. The molecule has 1 aliphatic rings. The second kappa shape index (κ2) is 6.39. The summed E-state index contributed by atoms with van der Waals surface area (Å²) in [6.45, 7) is 8.18. The first-order valence-corrected chi connectivity index (χ1v) is 5.80. The lowest BCUT2D eigenvalue weighted by atomic mass is 9.99. The van der Waals surface area contributed by atoms with E-state index < -0.39 is 0 Å². The fourth-order valence-corrected chi connectivity index (χ4v) is 2.01. The van der Waals surface area contributed by atoms with Gasteiger partial charge in [0, 0.05) is 6.04 Å². The summed E-state index contributed by atoms with van der Waals surface area (Å²) in [5, 5.41) is 7.10. The largest absolute Gasteiger partial charge is 0.316 e. The molecule has 0 aromatic carbocycles. The maximum atomic E-state index is 3.65. The molecular formula is C11H24N2. The highest BCUT2D eigenvalue weighted by atomic mass is 14.9. The first-order valence-electron chi connectivity index (χ1n) is 5.80. The van der Waals surface area contributed by atoms with Crippen LogP contribution in [0, 0.1) is 5.92 Å². The number of hydrogen-bond acceptors (Lipinski definition) is 2. The zero-order chi connectivity index (χ0) is 9.52. The molecule has 2 N–H and O–H groups in total. The Balaban J connectivity index is 2.09. The highest BCUT2D eigenvalue weighted by molar-refractivity contribution is 4.73. The van der Waals surface area contributed by atoms with E-state index in [4.69, 9.17) is 0 Å². The Kier molecular flexibility index (Phi) is 5.40. The molecule has 0 aromatic heterocycles. The van der Waals surface area contributed by atoms with Crippen molar-refractivity contribution in [2.24, 2.45) is 5.92 Å². The lowest BCUT2D eigenvalue weighted by molar-refractivity contribution is 0.337. The predicted molar refractivity (Wildman–Crippen MR) is 58.0 cm³/mol. The van der Waals surface area contributed by atoms with Gasteiger partial charge in [0.05, 0.1) is 0 Å². The van der Waals surface area contributed by atoms with Gasteiger partial charge in [0.25, 0.3) is 0 Å². The van der Waals surface area contributed by atoms with Gasteiger partial charge in [-0.05, 0) is 51.2 Å². The molecular weight excluding hydrogens is 160 g/mol. The lowest BCUT2D eigenvalue weighted by Crippen LogP contribution is -2.39. The van der Waals surface area contributed by atoms with Crippen molar-refractivity contribution in [1.29, 1.82) is 0 Å². The second-order valence-corrected chi connectivity index (χ2v) is 4.13. The first-order chi connectivity index (χ1) is 6.36. The third kappa shape index (κ3) is 4.10. The summed E-state index contributed by atoms with van der Waals surface area (Å²) in [4.78, 5) is 0. The summed E-state index contributed by atoms with van der Waals surface area (Å²) in [5.41, 5.74) is 0. The Bertz CT molecular complexity index is 115. The molecule has 1 saturated heterocycles. The van der Waals surface area contributed by atoms with Crippen LogP contribution in [-0.2, 0) is 0 Å². The van der Waals surface area contributed by atoms with E-state index in [1.54, 1.807) is 0 Å². The fraction of sp³-hybridized carbons (Fsp3) is 1.00. The van der Waals surface area contributed by atoms with E-state index in [0.717, 1.165) is 12.0 Å². The van der Waals surface area contributed by atoms with Gasteiger partial charge in [-0.15, -0.1) is 0 Å². The van der Waals surface area contributed by atoms with Crippen LogP contribution >= 0.6 is 0 Å². The lowest BCUT2D eigenvalue weighted by Gasteiger charge is -2.25. The molecule has 1 heterocycles. The standard InChI is InChI=1S/C11H24N2/c1-3-11(4-2)13-9-10-6-5-7-12-8-10/h10-13H,3-9H2,1-2H3. The Labute approximate surface area is 82.5 Å². The Hall–Kier alpha value is -0.0800. The van der Waals surface area contributed by atoms with Gasteiger partial charge in [0.1, 0.15) is 0 Å². The van der Waals surface area contributed by atoms with Crippen LogP contribution in [-0.4, -0.2) is 25.7 Å². The molecule has 0 bridgehead atoms. The van der Waals surface area contributed by atoms with Gasteiger partial charge in [-0.2, -0.15) is 0 Å². The molecule has 78 valence electrons. The summed E-state index contributed by atoms with van der Waals surface area (Å²) in [5.74, 6) is 0.870. The fourth-order valence-electron chi connectivity index (χ4n) is 2.01. The molecule has 2 heteroatoms. The highest BCUT2D eigenvalue weighted by Gasteiger charge is 2.13. The Morgan fingerprint density at radius 1 is 1.38 bits per heavy atom. The monoisotopic (exact) mass is 184 g/mol. The predicted octanol–water partition coefficient (Wildman–Crippen LogP) is 1.76. The maximum absolute atomic E-state index is 3.65. The molecule has 1 fully saturated rings. The molecule has 1 unspecified atom stereocenters. The van der Waals surface area contributed by atoms with Crippen molar-refractivity contribution in [2.75, 3.05) is 19.6 Å². The van der Waals surface area contributed by atoms with Crippen LogP contribution < -0.4 is 10.6 Å². The van der Waals surface area contributed by atoms with Gasteiger partial charge < -0.3 is 10.6 Å². The zero-order valence-corrected chi connectivity index (χ0v) is 9.10. The van der Waals surface area contributed by atoms with Crippen molar-refractivity contribution >= 4 is 0 Å². The van der Waals surface area contributed by atoms with E-state index in [0.29, 0.717) is 0 Å². The third-order valence-electron chi connectivity index (χ3n) is 3.08. The van der Waals surface area contributed by atoms with E-state index in [9.17, 15) is 0 Å². The summed E-state index contributed by atoms with van der Waals surface area (Å²) in [7, 11) is 0. The molecule has 0 radical (unpaired) electrons. The van der Waals surface area contributed by atoms with Crippen molar-refractivity contribution in [1.82, 2.24) is 10.6 Å². The molecule has 1 rings (SSSR count). The maximum Gasteiger partial charge on any atom is 0.00619 e. The molecule has 0 amide bonds. The van der Waals surface area contributed by atoms with Crippen LogP contribution in [0.3, 0.4) is 0 Å². The number of nitrogens with one attached hydrogen (secondary N) is 2. The first kappa shape index (κ1) is 11.0. The van der Waals surface area contributed by atoms with Crippen LogP contribution in [0.1, 0.15) is 39.5 Å². The van der Waals surface area contributed by atoms with E-state index in [1.165, 1.54) is 45.3 Å². The van der Waals surface area contributed by atoms with E-state index >= 15 is 0 Å². The average molecular weight is 184 g/mol. The molecule has 0 aromatic rings. The van der Waals surface area contributed by atoms with Crippen molar-refractivity contribution in [3.63, 3.8) is 0 Å². The van der Waals surface area contributed by atoms with Gasteiger partial charge >= 0.3 is 0 Å². The molecule has 13 heavy (non-hydrogen) atoms. The third-order valence-corrected chi connectivity index (χ3v) is 3.08. The minimum absolute atomic E-state index is 0.738. The Morgan fingerprint density at radius 3 is 2.69 bits per heavy atom. The van der Waals surface area contributed by atoms with E-state index in [2.05, 4.69) is 24.5 Å². The smallest absolute Gasteiger partial charge is 0.00619 e. The van der Waals surface area contributed by atoms with Gasteiger partial charge in [-0.25, -0.2) is 0 Å². The van der Waals surface area contributed by atoms with Crippen molar-refractivity contribution in [3.05, 3.63) is 0 Å². The molecule has 0 spiro atoms. The topological polar surface area (TPSA) is 24.1 Å². The molecule has 0 saturated carbocycles. The van der Waals surface area contributed by atoms with Crippen molar-refractivity contribution in [3.8, 4) is 0 Å². The van der Waals surface area contributed by atoms with Crippen LogP contribution in [0.5, 0.6) is 0 Å². The normalized spacial score (nSPS) is 23.8. The molecule has 0 aliphatic carbocycles. The summed E-state index contributed by atoms with van der Waals surface area (Å²) in [6, 6.07) is 0.738. The minimum Gasteiger partial charge on any atom is -0.316 e. The number of piperidine rings is 1. The van der Waals surface area contributed by atoms with Crippen molar-refractivity contribution in [2.45, 2.75) is 45.6 Å². The quantitative estimate of drug-likeness (QED) is 0.680. The summed E-state index contributed by atoms with van der Waals surface area (Å²) >= 11 is 0. The van der Waals surface area contributed by atoms with E-state index in [1.807, 2.05) is 0 Å². The molecule has 1 atom stereocenters. The molecule has 2 nitrogen and oxygen atoms in total. The van der Waals surface area contributed by atoms with Gasteiger partial charge in [0.15, 0.2) is 0 Å². The highest BCUT2D eigenvalue weighted by Crippen LogP contribution is 2.09. The summed E-state index contributed by atoms with van der Waals surface area (Å²) in [6.07, 6.45) is 5.28. The summed E-state index contributed by atoms with van der Waals surface area (Å²) < 4.78 is 0. The number of rotatable bonds is 5. The van der Waals surface area contributed by atoms with Crippen LogP contribution in [0.15, 0.2) is 0 Å². The Morgan fingerprint density at radius 2 is 2.15 bits per heavy atom. The van der Waals surface area contributed by atoms with Crippen LogP contribution in [0.25, 0.3) is 0 Å². The zero-order valence-electron chi connectivity index (χ0n) is 9.10. The van der Waals surface area contributed by atoms with Crippen LogP contribution in [0.2, 0.25) is 0 Å². The van der Waals surface area contributed by atoms with Crippen molar-refractivity contribution < 1.29 is 0 Å². The van der Waals surface area contributed by atoms with Crippen LogP contribution in [0.4, 0.5) is 0 Å². The molecule has 1 aliphatic heterocycles. The minimum atomic E-state index is 0.738. The van der Waals surface area contributed by atoms with E-state index in [-0.39, 0.29) is 0 Å². The van der Waals surface area contributed by atoms with Gasteiger partial charge in [-0.1, -0.05) is 13.8 Å². The second-order valence-electron chi connectivity index (χ2n) is 4.13. The number of hydrogen-bond donors (Lipinski definition) is 2. The van der Waals surface area contributed by atoms with Gasteiger partial charge in [0.2, 0.25) is 0 Å². The van der Waals surface area contributed by atoms with Gasteiger partial charge in [-0.3, -0.25) is 0 Å².